The lowest BCUT2D eigenvalue weighted by Gasteiger charge is -2.03. The third-order valence-corrected chi connectivity index (χ3v) is 3.18. The van der Waals surface area contributed by atoms with Gasteiger partial charge in [0.1, 0.15) is 16.6 Å². The number of nitrogens with zero attached hydrogens (tertiary/aromatic N) is 2. The molecule has 7 heteroatoms. The molecule has 0 aliphatic carbocycles. The predicted octanol–water partition coefficient (Wildman–Crippen LogP) is 2.20. The van der Waals surface area contributed by atoms with Gasteiger partial charge in [0.05, 0.1) is 5.56 Å². The van der Waals surface area contributed by atoms with Crippen LogP contribution in [0.5, 0.6) is 5.75 Å². The Balaban J connectivity index is 2.19. The van der Waals surface area contributed by atoms with Crippen molar-refractivity contribution in [3.8, 4) is 5.75 Å². The molecule has 0 aliphatic rings. The number of aromatic hydroxyl groups is 1. The molecule has 18 heavy (non-hydrogen) atoms. The molecule has 0 bridgehead atoms. The maximum absolute atomic E-state index is 13.0. The third kappa shape index (κ3) is 2.62. The summed E-state index contributed by atoms with van der Waals surface area (Å²) in [6.45, 7) is 1.92. The zero-order chi connectivity index (χ0) is 13.1. The van der Waals surface area contributed by atoms with E-state index in [4.69, 9.17) is 0 Å². The van der Waals surface area contributed by atoms with Crippen LogP contribution in [-0.4, -0.2) is 21.2 Å². The van der Waals surface area contributed by atoms with Crippen molar-refractivity contribution >= 4 is 22.4 Å². The highest BCUT2D eigenvalue weighted by Crippen LogP contribution is 2.21. The van der Waals surface area contributed by atoms with Crippen molar-refractivity contribution in [2.75, 3.05) is 5.32 Å². The first-order chi connectivity index (χ1) is 8.60. The van der Waals surface area contributed by atoms with E-state index < -0.39 is 11.7 Å². The molecular formula is C11H10FN3O2S. The lowest BCUT2D eigenvalue weighted by molar-refractivity contribution is 0.102. The van der Waals surface area contributed by atoms with Gasteiger partial charge >= 0.3 is 0 Å². The topological polar surface area (TPSA) is 75.1 Å². The Morgan fingerprint density at radius 2 is 2.28 bits per heavy atom. The van der Waals surface area contributed by atoms with Crippen molar-refractivity contribution in [1.82, 2.24) is 10.2 Å². The van der Waals surface area contributed by atoms with Gasteiger partial charge in [0, 0.05) is 0 Å². The van der Waals surface area contributed by atoms with Crippen molar-refractivity contribution in [1.29, 1.82) is 0 Å². The average molecular weight is 267 g/mol. The van der Waals surface area contributed by atoms with E-state index in [2.05, 4.69) is 15.5 Å². The van der Waals surface area contributed by atoms with Crippen LogP contribution in [0.2, 0.25) is 0 Å². The number of amides is 1. The van der Waals surface area contributed by atoms with E-state index in [9.17, 15) is 14.3 Å². The Labute approximate surface area is 106 Å². The summed E-state index contributed by atoms with van der Waals surface area (Å²) in [5.74, 6) is -1.50. The summed E-state index contributed by atoms with van der Waals surface area (Å²) in [4.78, 5) is 11.8. The van der Waals surface area contributed by atoms with Gasteiger partial charge in [-0.05, 0) is 24.6 Å². The Morgan fingerprint density at radius 3 is 2.94 bits per heavy atom. The second-order valence-corrected chi connectivity index (χ2v) is 4.53. The van der Waals surface area contributed by atoms with Crippen LogP contribution in [0.3, 0.4) is 0 Å². The Bertz CT molecular complexity index is 585. The fourth-order valence-corrected chi connectivity index (χ4v) is 1.98. The molecular weight excluding hydrogens is 257 g/mol. The summed E-state index contributed by atoms with van der Waals surface area (Å²) in [6, 6.07) is 3.17. The van der Waals surface area contributed by atoms with Gasteiger partial charge in [-0.1, -0.05) is 18.3 Å². The van der Waals surface area contributed by atoms with E-state index in [1.54, 1.807) is 0 Å². The fourth-order valence-electron chi connectivity index (χ4n) is 1.30. The first-order valence-corrected chi connectivity index (χ1v) is 6.04. The largest absolute Gasteiger partial charge is 0.507 e. The van der Waals surface area contributed by atoms with Crippen LogP contribution in [0.1, 0.15) is 22.3 Å². The standard InChI is InChI=1S/C11H10FN3O2S/c1-2-9-14-15-11(18-9)13-10(17)7-5-6(12)3-4-8(7)16/h3-5,16H,2H2,1H3,(H,13,15,17). The summed E-state index contributed by atoms with van der Waals surface area (Å²) in [7, 11) is 0. The molecule has 0 radical (unpaired) electrons. The van der Waals surface area contributed by atoms with E-state index in [-0.39, 0.29) is 11.3 Å². The summed E-state index contributed by atoms with van der Waals surface area (Å²) in [5.41, 5.74) is -0.136. The van der Waals surface area contributed by atoms with Gasteiger partial charge in [0.2, 0.25) is 5.13 Å². The van der Waals surface area contributed by atoms with Crippen LogP contribution >= 0.6 is 11.3 Å². The second kappa shape index (κ2) is 5.09. The van der Waals surface area contributed by atoms with Crippen molar-refractivity contribution in [2.24, 2.45) is 0 Å². The highest BCUT2D eigenvalue weighted by molar-refractivity contribution is 7.15. The number of aryl methyl sites for hydroxylation is 1. The molecule has 0 fully saturated rings. The number of aromatic nitrogens is 2. The molecule has 2 rings (SSSR count). The molecule has 0 aliphatic heterocycles. The fraction of sp³-hybridized carbons (Fsp3) is 0.182. The Morgan fingerprint density at radius 1 is 1.50 bits per heavy atom. The van der Waals surface area contributed by atoms with Crippen molar-refractivity contribution in [2.45, 2.75) is 13.3 Å². The molecule has 2 aromatic rings. The third-order valence-electron chi connectivity index (χ3n) is 2.19. The van der Waals surface area contributed by atoms with Gasteiger partial charge in [-0.2, -0.15) is 0 Å². The average Bonchev–Trinajstić information content (AvgIpc) is 2.80. The zero-order valence-electron chi connectivity index (χ0n) is 9.48. The maximum Gasteiger partial charge on any atom is 0.261 e. The number of hydrogen-bond acceptors (Lipinski definition) is 5. The van der Waals surface area contributed by atoms with Crippen molar-refractivity contribution < 1.29 is 14.3 Å². The number of phenolic OH excluding ortho intramolecular Hbond substituents is 1. The molecule has 0 spiro atoms. The first-order valence-electron chi connectivity index (χ1n) is 5.22. The summed E-state index contributed by atoms with van der Waals surface area (Å²) < 4.78 is 13.0. The minimum absolute atomic E-state index is 0.136. The van der Waals surface area contributed by atoms with Crippen molar-refractivity contribution in [3.63, 3.8) is 0 Å². The van der Waals surface area contributed by atoms with Crippen LogP contribution in [-0.2, 0) is 6.42 Å². The highest BCUT2D eigenvalue weighted by Gasteiger charge is 2.14. The summed E-state index contributed by atoms with van der Waals surface area (Å²) >= 11 is 1.24. The highest BCUT2D eigenvalue weighted by atomic mass is 32.1. The van der Waals surface area contributed by atoms with Crippen LogP contribution in [0, 0.1) is 5.82 Å². The van der Waals surface area contributed by atoms with Crippen LogP contribution in [0.4, 0.5) is 9.52 Å². The number of carbonyl (C=O) groups excluding carboxylic acids is 1. The minimum atomic E-state index is -0.620. The van der Waals surface area contributed by atoms with Gasteiger partial charge in [0.15, 0.2) is 0 Å². The normalized spacial score (nSPS) is 10.3. The molecule has 1 aromatic heterocycles. The van der Waals surface area contributed by atoms with E-state index in [1.165, 1.54) is 11.3 Å². The second-order valence-electron chi connectivity index (χ2n) is 3.47. The minimum Gasteiger partial charge on any atom is -0.507 e. The Hall–Kier alpha value is -2.02. The van der Waals surface area contributed by atoms with Gasteiger partial charge < -0.3 is 5.11 Å². The summed E-state index contributed by atoms with van der Waals surface area (Å²) in [5, 5.41) is 20.6. The Kier molecular flexibility index (Phi) is 3.52. The number of rotatable bonds is 3. The molecule has 0 saturated heterocycles. The monoisotopic (exact) mass is 267 g/mol. The smallest absolute Gasteiger partial charge is 0.261 e. The maximum atomic E-state index is 13.0. The van der Waals surface area contributed by atoms with E-state index in [0.29, 0.717) is 5.13 Å². The molecule has 1 heterocycles. The number of nitrogens with one attached hydrogen (secondary N) is 1. The first kappa shape index (κ1) is 12.4. The SMILES string of the molecule is CCc1nnc(NC(=O)c2cc(F)ccc2O)s1. The van der Waals surface area contributed by atoms with Crippen LogP contribution in [0.25, 0.3) is 0 Å². The number of benzene rings is 1. The van der Waals surface area contributed by atoms with Gasteiger partial charge in [0.25, 0.3) is 5.91 Å². The van der Waals surface area contributed by atoms with Crippen LogP contribution in [0.15, 0.2) is 18.2 Å². The number of carbonyl (C=O) groups is 1. The number of anilines is 1. The molecule has 1 amide bonds. The molecule has 5 nitrogen and oxygen atoms in total. The van der Waals surface area contributed by atoms with Crippen molar-refractivity contribution in [3.05, 3.63) is 34.6 Å². The number of hydrogen-bond donors (Lipinski definition) is 2. The molecule has 1 aromatic carbocycles. The lowest BCUT2D eigenvalue weighted by atomic mass is 10.2. The van der Waals surface area contributed by atoms with E-state index >= 15 is 0 Å². The number of phenols is 1. The van der Waals surface area contributed by atoms with Gasteiger partial charge in [-0.3, -0.25) is 10.1 Å². The molecule has 0 atom stereocenters. The van der Waals surface area contributed by atoms with E-state index in [1.807, 2.05) is 6.92 Å². The van der Waals surface area contributed by atoms with E-state index in [0.717, 1.165) is 29.6 Å². The van der Waals surface area contributed by atoms with Crippen LogP contribution < -0.4 is 5.32 Å². The van der Waals surface area contributed by atoms with Gasteiger partial charge in [-0.15, -0.1) is 10.2 Å². The van der Waals surface area contributed by atoms with Gasteiger partial charge in [-0.25, -0.2) is 4.39 Å². The zero-order valence-corrected chi connectivity index (χ0v) is 10.3. The molecule has 2 N–H and O–H groups in total. The molecule has 0 saturated carbocycles. The molecule has 94 valence electrons. The quantitative estimate of drug-likeness (QED) is 0.894. The lowest BCUT2D eigenvalue weighted by Crippen LogP contribution is -2.12. The predicted molar refractivity (Wildman–Crippen MR) is 65.3 cm³/mol. The number of halogens is 1. The summed E-state index contributed by atoms with van der Waals surface area (Å²) in [6.07, 6.45) is 0.721. The molecule has 0 unspecified atom stereocenters.